The van der Waals surface area contributed by atoms with E-state index in [-0.39, 0.29) is 12.1 Å². The van der Waals surface area contributed by atoms with Crippen molar-refractivity contribution in [1.82, 2.24) is 4.98 Å². The number of nitrogens with one attached hydrogen (secondary N) is 1. The van der Waals surface area contributed by atoms with Gasteiger partial charge in [-0.3, -0.25) is 5.43 Å². The second-order valence-corrected chi connectivity index (χ2v) is 7.19. The first-order valence-electron chi connectivity index (χ1n) is 8.34. The number of esters is 1. The summed E-state index contributed by atoms with van der Waals surface area (Å²) in [6, 6.07) is 14.7. The number of carbonyl (C=O) groups is 1. The molecule has 3 rings (SSSR count). The zero-order valence-corrected chi connectivity index (χ0v) is 16.4. The predicted octanol–water partition coefficient (Wildman–Crippen LogP) is 5.47. The minimum atomic E-state index is -0.373. The number of hydrazone groups is 1. The third-order valence-electron chi connectivity index (χ3n) is 3.54. The zero-order chi connectivity index (χ0) is 19.2. The number of halogens is 1. The Labute approximate surface area is 166 Å². The highest BCUT2D eigenvalue weighted by molar-refractivity contribution is 7.14. The predicted molar refractivity (Wildman–Crippen MR) is 111 cm³/mol. The van der Waals surface area contributed by atoms with Gasteiger partial charge in [-0.25, -0.2) is 9.78 Å². The van der Waals surface area contributed by atoms with Crippen molar-refractivity contribution in [2.75, 3.05) is 5.43 Å². The van der Waals surface area contributed by atoms with Gasteiger partial charge in [0, 0.05) is 21.5 Å². The lowest BCUT2D eigenvalue weighted by Gasteiger charge is -2.09. The lowest BCUT2D eigenvalue weighted by molar-refractivity contribution is 0.0378. The van der Waals surface area contributed by atoms with Crippen molar-refractivity contribution in [3.63, 3.8) is 0 Å². The van der Waals surface area contributed by atoms with Gasteiger partial charge in [0.2, 0.25) is 5.13 Å². The van der Waals surface area contributed by atoms with E-state index in [4.69, 9.17) is 16.3 Å². The van der Waals surface area contributed by atoms with Crippen LogP contribution >= 0.6 is 22.9 Å². The lowest BCUT2D eigenvalue weighted by Crippen LogP contribution is -2.13. The Bertz CT molecular complexity index is 969. The summed E-state index contributed by atoms with van der Waals surface area (Å²) in [6.07, 6.45) is 1.40. The average molecular weight is 400 g/mol. The summed E-state index contributed by atoms with van der Waals surface area (Å²) in [5, 5.41) is 7.38. The number of ether oxygens (including phenoxy) is 1. The maximum Gasteiger partial charge on any atom is 0.339 e. The highest BCUT2D eigenvalue weighted by atomic mass is 35.5. The average Bonchev–Trinajstić information content (AvgIpc) is 3.10. The summed E-state index contributed by atoms with van der Waals surface area (Å²) in [6.45, 7) is 3.63. The second kappa shape index (κ2) is 8.79. The fraction of sp³-hybridized carbons (Fsp3) is 0.150. The summed E-state index contributed by atoms with van der Waals surface area (Å²) in [4.78, 5) is 16.7. The minimum Gasteiger partial charge on any atom is -0.459 e. The van der Waals surface area contributed by atoms with E-state index in [9.17, 15) is 4.79 Å². The Morgan fingerprint density at radius 3 is 2.74 bits per heavy atom. The molecule has 1 aromatic heterocycles. The first kappa shape index (κ1) is 19.1. The molecule has 0 radical (unpaired) electrons. The fourth-order valence-corrected chi connectivity index (χ4v) is 3.24. The van der Waals surface area contributed by atoms with Gasteiger partial charge in [-0.05, 0) is 26.0 Å². The van der Waals surface area contributed by atoms with Crippen LogP contribution in [0.1, 0.15) is 29.8 Å². The summed E-state index contributed by atoms with van der Waals surface area (Å²) < 4.78 is 5.26. The molecule has 0 bridgehead atoms. The molecule has 0 atom stereocenters. The van der Waals surface area contributed by atoms with Crippen molar-refractivity contribution in [1.29, 1.82) is 0 Å². The van der Waals surface area contributed by atoms with Gasteiger partial charge >= 0.3 is 5.97 Å². The second-order valence-electron chi connectivity index (χ2n) is 5.93. The molecular formula is C20H18ClN3O2S. The normalized spacial score (nSPS) is 11.1. The van der Waals surface area contributed by atoms with Gasteiger partial charge in [0.15, 0.2) is 0 Å². The van der Waals surface area contributed by atoms with Crippen LogP contribution in [0.15, 0.2) is 59.0 Å². The van der Waals surface area contributed by atoms with Crippen molar-refractivity contribution in [3.8, 4) is 11.3 Å². The molecule has 1 heterocycles. The van der Waals surface area contributed by atoms with Gasteiger partial charge < -0.3 is 4.74 Å². The molecule has 7 heteroatoms. The third kappa shape index (κ3) is 4.93. The fourth-order valence-electron chi connectivity index (χ4n) is 2.35. The highest BCUT2D eigenvalue weighted by Crippen LogP contribution is 2.30. The van der Waals surface area contributed by atoms with Crippen LogP contribution in [0.25, 0.3) is 11.3 Å². The SMILES string of the molecule is CC(C)OC(=O)c1ccccc1/C=N/Nc1nc(-c2ccccc2Cl)cs1. The number of hydrogen-bond donors (Lipinski definition) is 1. The molecule has 138 valence electrons. The smallest absolute Gasteiger partial charge is 0.339 e. The van der Waals surface area contributed by atoms with Crippen LogP contribution in [-0.4, -0.2) is 23.3 Å². The molecule has 0 aliphatic heterocycles. The van der Waals surface area contributed by atoms with Crippen molar-refractivity contribution < 1.29 is 9.53 Å². The van der Waals surface area contributed by atoms with Crippen molar-refractivity contribution >= 4 is 40.3 Å². The Morgan fingerprint density at radius 1 is 1.22 bits per heavy atom. The van der Waals surface area contributed by atoms with E-state index in [1.807, 2.05) is 49.6 Å². The number of rotatable bonds is 6. The van der Waals surface area contributed by atoms with E-state index in [2.05, 4.69) is 15.5 Å². The summed E-state index contributed by atoms with van der Waals surface area (Å²) in [5.41, 5.74) is 5.67. The highest BCUT2D eigenvalue weighted by Gasteiger charge is 2.12. The van der Waals surface area contributed by atoms with Gasteiger partial charge in [-0.2, -0.15) is 5.10 Å². The quantitative estimate of drug-likeness (QED) is 0.339. The van der Waals surface area contributed by atoms with Crippen LogP contribution in [0.5, 0.6) is 0 Å². The number of anilines is 1. The van der Waals surface area contributed by atoms with E-state index in [1.54, 1.807) is 24.4 Å². The monoisotopic (exact) mass is 399 g/mol. The molecule has 27 heavy (non-hydrogen) atoms. The molecular weight excluding hydrogens is 382 g/mol. The molecule has 0 amide bonds. The number of benzene rings is 2. The lowest BCUT2D eigenvalue weighted by atomic mass is 10.1. The third-order valence-corrected chi connectivity index (χ3v) is 4.62. The first-order chi connectivity index (χ1) is 13.0. The van der Waals surface area contributed by atoms with E-state index >= 15 is 0 Å². The largest absolute Gasteiger partial charge is 0.459 e. The summed E-state index contributed by atoms with van der Waals surface area (Å²) >= 11 is 7.63. The zero-order valence-electron chi connectivity index (χ0n) is 14.8. The van der Waals surface area contributed by atoms with Gasteiger partial charge in [-0.1, -0.05) is 48.0 Å². The maximum atomic E-state index is 12.2. The molecule has 0 aliphatic rings. The van der Waals surface area contributed by atoms with Crippen LogP contribution in [0.3, 0.4) is 0 Å². The summed E-state index contributed by atoms with van der Waals surface area (Å²) in [5.74, 6) is -0.373. The Hall–Kier alpha value is -2.70. The molecule has 3 aromatic rings. The van der Waals surface area contributed by atoms with E-state index in [0.717, 1.165) is 11.3 Å². The van der Waals surface area contributed by atoms with Crippen LogP contribution < -0.4 is 5.43 Å². The van der Waals surface area contributed by atoms with Crippen molar-refractivity contribution in [2.24, 2.45) is 5.10 Å². The minimum absolute atomic E-state index is 0.181. The molecule has 0 spiro atoms. The Kier molecular flexibility index (Phi) is 6.21. The van der Waals surface area contributed by atoms with Crippen molar-refractivity contribution in [2.45, 2.75) is 20.0 Å². The topological polar surface area (TPSA) is 63.6 Å². The number of hydrogen-bond acceptors (Lipinski definition) is 6. The van der Waals surface area contributed by atoms with Crippen LogP contribution in [-0.2, 0) is 4.74 Å². The number of nitrogens with zero attached hydrogens (tertiary/aromatic N) is 2. The van der Waals surface area contributed by atoms with Gasteiger partial charge in [0.1, 0.15) is 0 Å². The van der Waals surface area contributed by atoms with Gasteiger partial charge in [0.05, 0.1) is 23.6 Å². The number of thiazole rings is 1. The van der Waals surface area contributed by atoms with Crippen LogP contribution in [0.4, 0.5) is 5.13 Å². The standard InChI is InChI=1S/C20H18ClN3O2S/c1-13(2)26-19(25)15-8-4-3-7-14(15)11-22-24-20-23-18(12-27-20)16-9-5-6-10-17(16)21/h3-13H,1-2H3,(H,23,24)/b22-11+. The molecule has 0 aliphatic carbocycles. The van der Waals surface area contributed by atoms with E-state index in [0.29, 0.717) is 21.3 Å². The molecule has 5 nitrogen and oxygen atoms in total. The maximum absolute atomic E-state index is 12.2. The van der Waals surface area contributed by atoms with E-state index in [1.165, 1.54) is 11.3 Å². The van der Waals surface area contributed by atoms with Crippen molar-refractivity contribution in [3.05, 3.63) is 70.1 Å². The molecule has 1 N–H and O–H groups in total. The van der Waals surface area contributed by atoms with Gasteiger partial charge in [-0.15, -0.1) is 11.3 Å². The number of aromatic nitrogens is 1. The number of carbonyl (C=O) groups excluding carboxylic acids is 1. The molecule has 0 saturated carbocycles. The van der Waals surface area contributed by atoms with Crippen LogP contribution in [0.2, 0.25) is 5.02 Å². The molecule has 0 unspecified atom stereocenters. The van der Waals surface area contributed by atoms with Crippen LogP contribution in [0, 0.1) is 0 Å². The molecule has 2 aromatic carbocycles. The van der Waals surface area contributed by atoms with E-state index < -0.39 is 0 Å². The molecule has 0 saturated heterocycles. The Morgan fingerprint density at radius 2 is 1.96 bits per heavy atom. The molecule has 0 fully saturated rings. The van der Waals surface area contributed by atoms with Gasteiger partial charge in [0.25, 0.3) is 0 Å². The first-order valence-corrected chi connectivity index (χ1v) is 9.60. The summed E-state index contributed by atoms with van der Waals surface area (Å²) in [7, 11) is 0. The Balaban J connectivity index is 1.72.